The third-order valence-corrected chi connectivity index (χ3v) is 9.76. The maximum Gasteiger partial charge on any atom is 0.320 e. The molecule has 0 aliphatic heterocycles. The number of rotatable bonds is 12. The van der Waals surface area contributed by atoms with Crippen molar-refractivity contribution in [2.24, 2.45) is 7.05 Å². The van der Waals surface area contributed by atoms with Crippen LogP contribution in [-0.4, -0.2) is 65.8 Å². The van der Waals surface area contributed by atoms with Crippen molar-refractivity contribution in [2.45, 2.75) is 49.6 Å². The summed E-state index contributed by atoms with van der Waals surface area (Å²) in [6.45, 7) is 0. The monoisotopic (exact) mass is 771 g/mol. The Labute approximate surface area is 297 Å². The SMILES string of the molecule is Cn1cncc1-c1ccc(NC(=O)[C@@H](N[B]C=O)[C@@H]2CCc3ccc(Br)cc32)cc1.O=C[B]N[C@H](C(=O)O)[C@@H]1CCc2ccc(Br)cc21. The van der Waals surface area contributed by atoms with E-state index in [1.807, 2.05) is 60.1 Å². The number of carbonyl (C=O) groups excluding carboxylic acids is 3. The van der Waals surface area contributed by atoms with Gasteiger partial charge in [0.2, 0.25) is 5.91 Å². The van der Waals surface area contributed by atoms with Crippen LogP contribution < -0.4 is 15.8 Å². The number of anilines is 1. The van der Waals surface area contributed by atoms with Gasteiger partial charge < -0.3 is 35.0 Å². The molecule has 0 spiro atoms. The average Bonchev–Trinajstić information content (AvgIpc) is 3.81. The number of carbonyl (C=O) groups is 4. The number of aromatic nitrogens is 2. The van der Waals surface area contributed by atoms with Crippen LogP contribution in [0, 0.1) is 0 Å². The van der Waals surface area contributed by atoms with Crippen molar-refractivity contribution in [1.29, 1.82) is 0 Å². The van der Waals surface area contributed by atoms with E-state index in [-0.39, 0.29) is 17.7 Å². The summed E-state index contributed by atoms with van der Waals surface area (Å²) in [5.41, 5.74) is 7.34. The maximum absolute atomic E-state index is 13.1. The highest BCUT2D eigenvalue weighted by Gasteiger charge is 2.35. The maximum atomic E-state index is 13.1. The molecule has 2 aliphatic rings. The van der Waals surface area contributed by atoms with Gasteiger partial charge in [0.05, 0.1) is 36.6 Å². The number of hydrogen-bond donors (Lipinski definition) is 4. The van der Waals surface area contributed by atoms with Crippen LogP contribution in [0.15, 0.2) is 82.1 Å². The standard InChI is InChI=1S/C22H21BBrN4O2.C12H12BBrNO3/c1-28-13-25-11-20(28)15-3-7-17(8-4-15)26-22(30)21(27-23-12-29)18-9-5-14-2-6-16(24)10-19(14)18;14-8-3-1-7-2-4-9(10(7)5-8)11(12(17)18)15-13-6-16/h2-4,6-8,10-13,18,21,27H,5,9H2,1H3,(H,26,30);1,3,5-6,9,11,15H,2,4H2,(H,17,18)/t18-,21+;9-,11+/m11/s1. The molecule has 10 nitrogen and oxygen atoms in total. The first-order chi connectivity index (χ1) is 23.2. The van der Waals surface area contributed by atoms with Crippen LogP contribution in [0.4, 0.5) is 5.69 Å². The number of imidazole rings is 1. The molecular weight excluding hydrogens is 740 g/mol. The summed E-state index contributed by atoms with van der Waals surface area (Å²) < 4.78 is 3.87. The number of aryl methyl sites for hydroxylation is 3. The molecule has 1 heterocycles. The Bertz CT molecular complexity index is 1790. The topological polar surface area (TPSA) is 142 Å². The number of halogens is 2. The molecule has 1 aromatic heterocycles. The fourth-order valence-corrected chi connectivity index (χ4v) is 7.26. The lowest BCUT2D eigenvalue weighted by atomic mass is 9.87. The molecule has 48 heavy (non-hydrogen) atoms. The van der Waals surface area contributed by atoms with Crippen LogP contribution in [0.5, 0.6) is 0 Å². The smallest absolute Gasteiger partial charge is 0.320 e. The Balaban J connectivity index is 0.000000214. The molecule has 0 fully saturated rings. The lowest BCUT2D eigenvalue weighted by Crippen LogP contribution is -2.46. The van der Waals surface area contributed by atoms with Gasteiger partial charge in [0.25, 0.3) is 14.8 Å². The van der Waals surface area contributed by atoms with Crippen molar-refractivity contribution >= 4 is 76.6 Å². The molecule has 244 valence electrons. The number of aliphatic carboxylic acids is 1. The minimum atomic E-state index is -0.939. The second-order valence-corrected chi connectivity index (χ2v) is 13.5. The Morgan fingerprint density at radius 3 is 1.92 bits per heavy atom. The minimum absolute atomic E-state index is 0.0117. The van der Waals surface area contributed by atoms with Gasteiger partial charge in [-0.3, -0.25) is 9.59 Å². The van der Waals surface area contributed by atoms with Gasteiger partial charge in [0.15, 0.2) is 0 Å². The molecule has 1 amide bonds. The van der Waals surface area contributed by atoms with Gasteiger partial charge in [0.1, 0.15) is 6.04 Å². The van der Waals surface area contributed by atoms with Crippen molar-refractivity contribution in [2.75, 3.05) is 5.32 Å². The van der Waals surface area contributed by atoms with Gasteiger partial charge in [-0.25, -0.2) is 4.98 Å². The zero-order chi connectivity index (χ0) is 34.2. The molecule has 2 aliphatic carbocycles. The molecule has 0 saturated heterocycles. The van der Waals surface area contributed by atoms with E-state index in [2.05, 4.69) is 64.7 Å². The lowest BCUT2D eigenvalue weighted by Gasteiger charge is -2.24. The van der Waals surface area contributed by atoms with E-state index in [0.29, 0.717) is 18.1 Å². The highest BCUT2D eigenvalue weighted by Crippen LogP contribution is 2.38. The summed E-state index contributed by atoms with van der Waals surface area (Å²) in [7, 11) is 4.39. The molecule has 0 unspecified atom stereocenters. The predicted molar refractivity (Wildman–Crippen MR) is 194 cm³/mol. The highest BCUT2D eigenvalue weighted by atomic mass is 79.9. The zero-order valence-electron chi connectivity index (χ0n) is 26.1. The van der Waals surface area contributed by atoms with Crippen LogP contribution in [0.3, 0.4) is 0 Å². The van der Waals surface area contributed by atoms with Gasteiger partial charge in [-0.05, 0) is 89.9 Å². The van der Waals surface area contributed by atoms with Crippen molar-refractivity contribution in [1.82, 2.24) is 20.0 Å². The van der Waals surface area contributed by atoms with Crippen LogP contribution >= 0.6 is 31.9 Å². The van der Waals surface area contributed by atoms with Gasteiger partial charge in [-0.15, -0.1) is 0 Å². The first-order valence-electron chi connectivity index (χ1n) is 15.4. The summed E-state index contributed by atoms with van der Waals surface area (Å²) in [5.74, 6) is -1.22. The zero-order valence-corrected chi connectivity index (χ0v) is 29.3. The van der Waals surface area contributed by atoms with Crippen molar-refractivity contribution in [3.8, 4) is 11.3 Å². The number of carboxylic acids is 1. The number of amides is 1. The first kappa shape index (κ1) is 35.5. The molecule has 2 radical (unpaired) electrons. The average molecular weight is 773 g/mol. The Morgan fingerprint density at radius 2 is 1.42 bits per heavy atom. The van der Waals surface area contributed by atoms with E-state index in [0.717, 1.165) is 64.4 Å². The normalized spacial score (nSPS) is 17.1. The third-order valence-electron chi connectivity index (χ3n) is 8.77. The molecule has 4 N–H and O–H groups in total. The molecule has 3 aromatic carbocycles. The molecular formula is C34H33B2Br2N5O5. The quantitative estimate of drug-likeness (QED) is 0.121. The highest BCUT2D eigenvalue weighted by molar-refractivity contribution is 9.10. The van der Waals surface area contributed by atoms with Crippen molar-refractivity contribution in [3.63, 3.8) is 0 Å². The second kappa shape index (κ2) is 16.5. The molecule has 4 atom stereocenters. The summed E-state index contributed by atoms with van der Waals surface area (Å²) in [5, 5.41) is 17.9. The Kier molecular flexibility index (Phi) is 12.2. The van der Waals surface area contributed by atoms with Gasteiger partial charge in [-0.2, -0.15) is 0 Å². The second-order valence-electron chi connectivity index (χ2n) is 11.7. The van der Waals surface area contributed by atoms with Crippen molar-refractivity contribution in [3.05, 3.63) is 104 Å². The molecule has 6 rings (SSSR count). The first-order valence-corrected chi connectivity index (χ1v) is 17.0. The van der Waals surface area contributed by atoms with Crippen LogP contribution in [0.2, 0.25) is 0 Å². The summed E-state index contributed by atoms with van der Waals surface area (Å²) in [6.07, 6.45) is 8.21. The fraction of sp³-hybridized carbons (Fsp3) is 0.265. The van der Waals surface area contributed by atoms with Crippen LogP contribution in [0.25, 0.3) is 11.3 Å². The van der Waals surface area contributed by atoms with Crippen molar-refractivity contribution < 1.29 is 24.3 Å². The number of carboxylic acid groups (broad SMARTS) is 1. The van der Waals surface area contributed by atoms with E-state index in [4.69, 9.17) is 0 Å². The summed E-state index contributed by atoms with van der Waals surface area (Å²) in [4.78, 5) is 49.8. The van der Waals surface area contributed by atoms with E-state index in [1.165, 1.54) is 18.5 Å². The minimum Gasteiger partial charge on any atom is -0.480 e. The fourth-order valence-electron chi connectivity index (χ4n) is 6.50. The lowest BCUT2D eigenvalue weighted by molar-refractivity contribution is -0.139. The van der Waals surface area contributed by atoms with Gasteiger partial charge >= 0.3 is 5.97 Å². The van der Waals surface area contributed by atoms with Gasteiger partial charge in [0, 0.05) is 33.5 Å². The van der Waals surface area contributed by atoms with E-state index in [1.54, 1.807) is 12.5 Å². The largest absolute Gasteiger partial charge is 0.480 e. The Morgan fingerprint density at radius 1 is 0.875 bits per heavy atom. The number of nitrogens with zero attached hydrogens (tertiary/aromatic N) is 2. The van der Waals surface area contributed by atoms with E-state index < -0.39 is 18.1 Å². The summed E-state index contributed by atoms with van der Waals surface area (Å²) in [6, 6.07) is 18.5. The molecule has 0 saturated carbocycles. The van der Waals surface area contributed by atoms with E-state index >= 15 is 0 Å². The Hall–Kier alpha value is -3.84. The number of benzene rings is 3. The van der Waals surface area contributed by atoms with E-state index in [9.17, 15) is 24.3 Å². The molecule has 14 heteroatoms. The number of fused-ring (bicyclic) bond motifs is 2. The van der Waals surface area contributed by atoms with Crippen LogP contribution in [-0.2, 0) is 39.1 Å². The molecule has 0 bridgehead atoms. The number of nitrogens with one attached hydrogen (secondary N) is 3. The van der Waals surface area contributed by atoms with Crippen LogP contribution in [0.1, 0.15) is 46.9 Å². The summed E-state index contributed by atoms with van der Waals surface area (Å²) >= 11 is 6.92. The number of hydrogen-bond acceptors (Lipinski definition) is 7. The predicted octanol–water partition coefficient (Wildman–Crippen LogP) is 4.62. The third kappa shape index (κ3) is 8.41. The molecule has 4 aromatic rings. The van der Waals surface area contributed by atoms with Gasteiger partial charge in [-0.1, -0.05) is 56.1 Å².